The fourth-order valence-electron chi connectivity index (χ4n) is 2.84. The second kappa shape index (κ2) is 7.44. The highest BCUT2D eigenvalue weighted by Gasteiger charge is 2.23. The van der Waals surface area contributed by atoms with E-state index in [0.29, 0.717) is 12.5 Å². The van der Waals surface area contributed by atoms with Gasteiger partial charge in [-0.3, -0.25) is 0 Å². The zero-order chi connectivity index (χ0) is 15.5. The van der Waals surface area contributed by atoms with Crippen molar-refractivity contribution in [1.29, 1.82) is 0 Å². The van der Waals surface area contributed by atoms with Crippen LogP contribution in [0.15, 0.2) is 27.6 Å². The van der Waals surface area contributed by atoms with E-state index in [0.717, 1.165) is 23.2 Å². The number of sulfonamides is 1. The first-order valence-corrected chi connectivity index (χ1v) is 10.0. The van der Waals surface area contributed by atoms with E-state index in [1.54, 1.807) is 12.1 Å². The average molecular weight is 395 g/mol. The fraction of sp³-hybridized carbons (Fsp3) is 0.600. The standard InChI is InChI=1S/C15H21BrClNO2S/c1-2-11-3-5-12(6-4-11)10-18-21(19,20)15-8-7-13(16)9-14(15)17/h7-9,11-12,18H,2-6,10H2,1H3. The third-order valence-electron chi connectivity index (χ3n) is 4.29. The minimum atomic E-state index is -3.53. The molecule has 0 radical (unpaired) electrons. The molecule has 3 nitrogen and oxygen atoms in total. The molecule has 6 heteroatoms. The van der Waals surface area contributed by atoms with Gasteiger partial charge in [-0.2, -0.15) is 0 Å². The zero-order valence-corrected chi connectivity index (χ0v) is 15.3. The van der Waals surface area contributed by atoms with Crippen LogP contribution < -0.4 is 4.72 Å². The van der Waals surface area contributed by atoms with Crippen LogP contribution in [-0.4, -0.2) is 15.0 Å². The third kappa shape index (κ3) is 4.68. The molecule has 1 N–H and O–H groups in total. The van der Waals surface area contributed by atoms with Gasteiger partial charge in [0, 0.05) is 11.0 Å². The summed E-state index contributed by atoms with van der Waals surface area (Å²) in [5.41, 5.74) is 0. The first-order valence-electron chi connectivity index (χ1n) is 7.37. The van der Waals surface area contributed by atoms with Crippen LogP contribution in [0.25, 0.3) is 0 Å². The Bertz CT molecular complexity index is 583. The summed E-state index contributed by atoms with van der Waals surface area (Å²) in [6, 6.07) is 4.82. The molecule has 1 saturated carbocycles. The van der Waals surface area contributed by atoms with Gasteiger partial charge in [0.05, 0.1) is 5.02 Å². The predicted molar refractivity (Wildman–Crippen MR) is 90.1 cm³/mol. The van der Waals surface area contributed by atoms with Crippen LogP contribution in [0.3, 0.4) is 0 Å². The largest absolute Gasteiger partial charge is 0.242 e. The third-order valence-corrected chi connectivity index (χ3v) is 6.69. The smallest absolute Gasteiger partial charge is 0.211 e. The molecule has 21 heavy (non-hydrogen) atoms. The number of rotatable bonds is 5. The molecule has 0 saturated heterocycles. The Hall–Kier alpha value is -0.100. The van der Waals surface area contributed by atoms with E-state index < -0.39 is 10.0 Å². The van der Waals surface area contributed by atoms with Crippen LogP contribution in [0, 0.1) is 11.8 Å². The molecule has 0 amide bonds. The first-order chi connectivity index (χ1) is 9.92. The van der Waals surface area contributed by atoms with Crippen molar-refractivity contribution in [3.63, 3.8) is 0 Å². The van der Waals surface area contributed by atoms with Gasteiger partial charge in [0.1, 0.15) is 4.90 Å². The lowest BCUT2D eigenvalue weighted by Crippen LogP contribution is -2.31. The second-order valence-corrected chi connectivity index (χ2v) is 8.78. The summed E-state index contributed by atoms with van der Waals surface area (Å²) >= 11 is 9.30. The van der Waals surface area contributed by atoms with Gasteiger partial charge in [0.2, 0.25) is 10.0 Å². The van der Waals surface area contributed by atoms with Crippen LogP contribution in [0.5, 0.6) is 0 Å². The van der Waals surface area contributed by atoms with E-state index in [1.165, 1.54) is 25.3 Å². The van der Waals surface area contributed by atoms with Crippen molar-refractivity contribution in [2.24, 2.45) is 11.8 Å². The van der Waals surface area contributed by atoms with E-state index in [4.69, 9.17) is 11.6 Å². The Morgan fingerprint density at radius 3 is 2.43 bits per heavy atom. The molecule has 0 unspecified atom stereocenters. The predicted octanol–water partition coefficient (Wildman–Crippen LogP) is 4.60. The van der Waals surface area contributed by atoms with E-state index in [1.807, 2.05) is 0 Å². The summed E-state index contributed by atoms with van der Waals surface area (Å²) in [6.45, 7) is 2.73. The van der Waals surface area contributed by atoms with Gasteiger partial charge in [-0.25, -0.2) is 13.1 Å². The highest BCUT2D eigenvalue weighted by molar-refractivity contribution is 9.10. The number of hydrogen-bond donors (Lipinski definition) is 1. The molecule has 0 bridgehead atoms. The molecule has 118 valence electrons. The minimum Gasteiger partial charge on any atom is -0.211 e. The average Bonchev–Trinajstić information content (AvgIpc) is 2.45. The van der Waals surface area contributed by atoms with Gasteiger partial charge >= 0.3 is 0 Å². The van der Waals surface area contributed by atoms with Crippen molar-refractivity contribution in [3.05, 3.63) is 27.7 Å². The monoisotopic (exact) mass is 393 g/mol. The molecule has 1 aromatic rings. The Balaban J connectivity index is 1.96. The van der Waals surface area contributed by atoms with Gasteiger partial charge in [-0.15, -0.1) is 0 Å². The maximum absolute atomic E-state index is 12.3. The van der Waals surface area contributed by atoms with Crippen molar-refractivity contribution in [1.82, 2.24) is 4.72 Å². The highest BCUT2D eigenvalue weighted by Crippen LogP contribution is 2.31. The minimum absolute atomic E-state index is 0.148. The van der Waals surface area contributed by atoms with E-state index in [2.05, 4.69) is 27.6 Å². The normalized spacial score (nSPS) is 23.2. The zero-order valence-electron chi connectivity index (χ0n) is 12.1. The Morgan fingerprint density at radius 1 is 1.24 bits per heavy atom. The van der Waals surface area contributed by atoms with Crippen molar-refractivity contribution < 1.29 is 8.42 Å². The molecule has 0 aromatic heterocycles. The summed E-state index contributed by atoms with van der Waals surface area (Å²) in [6.07, 6.45) is 5.86. The lowest BCUT2D eigenvalue weighted by molar-refractivity contribution is 0.270. The summed E-state index contributed by atoms with van der Waals surface area (Å²) in [5, 5.41) is 0.242. The molecule has 2 rings (SSSR count). The van der Waals surface area contributed by atoms with Gasteiger partial charge in [0.15, 0.2) is 0 Å². The van der Waals surface area contributed by atoms with Crippen LogP contribution in [0.1, 0.15) is 39.0 Å². The van der Waals surface area contributed by atoms with E-state index >= 15 is 0 Å². The highest BCUT2D eigenvalue weighted by atomic mass is 79.9. The number of halogens is 2. The number of nitrogens with one attached hydrogen (secondary N) is 1. The van der Waals surface area contributed by atoms with Gasteiger partial charge in [0.25, 0.3) is 0 Å². The van der Waals surface area contributed by atoms with E-state index in [-0.39, 0.29) is 9.92 Å². The SMILES string of the molecule is CCC1CCC(CNS(=O)(=O)c2ccc(Br)cc2Cl)CC1. The van der Waals surface area contributed by atoms with Crippen molar-refractivity contribution >= 4 is 37.6 Å². The van der Waals surface area contributed by atoms with E-state index in [9.17, 15) is 8.42 Å². The Morgan fingerprint density at radius 2 is 1.86 bits per heavy atom. The maximum atomic E-state index is 12.3. The quantitative estimate of drug-likeness (QED) is 0.793. The van der Waals surface area contributed by atoms with Crippen LogP contribution in [0.4, 0.5) is 0 Å². The number of benzene rings is 1. The Kier molecular flexibility index (Phi) is 6.12. The lowest BCUT2D eigenvalue weighted by atomic mass is 9.81. The topological polar surface area (TPSA) is 46.2 Å². The molecular weight excluding hydrogens is 374 g/mol. The van der Waals surface area contributed by atoms with Crippen LogP contribution in [0.2, 0.25) is 5.02 Å². The molecule has 1 aliphatic carbocycles. The lowest BCUT2D eigenvalue weighted by Gasteiger charge is -2.27. The van der Waals surface area contributed by atoms with Crippen molar-refractivity contribution in [2.45, 2.75) is 43.9 Å². The van der Waals surface area contributed by atoms with Crippen LogP contribution >= 0.6 is 27.5 Å². The summed E-state index contributed by atoms with van der Waals surface area (Å²) < 4.78 is 28.1. The van der Waals surface area contributed by atoms with Crippen LogP contribution in [-0.2, 0) is 10.0 Å². The Labute approximate surface area is 140 Å². The molecule has 1 fully saturated rings. The molecule has 1 aliphatic rings. The summed E-state index contributed by atoms with van der Waals surface area (Å²) in [4.78, 5) is 0.148. The summed E-state index contributed by atoms with van der Waals surface area (Å²) in [5.74, 6) is 1.26. The second-order valence-electron chi connectivity index (χ2n) is 5.72. The van der Waals surface area contributed by atoms with Gasteiger partial charge < -0.3 is 0 Å². The maximum Gasteiger partial charge on any atom is 0.242 e. The first kappa shape index (κ1) is 17.3. The van der Waals surface area contributed by atoms with Gasteiger partial charge in [-0.05, 0) is 42.9 Å². The molecular formula is C15H21BrClNO2S. The fourth-order valence-corrected chi connectivity index (χ4v) is 4.99. The molecule has 1 aromatic carbocycles. The molecule has 0 spiro atoms. The summed E-state index contributed by atoms with van der Waals surface area (Å²) in [7, 11) is -3.53. The number of hydrogen-bond acceptors (Lipinski definition) is 2. The molecule has 0 atom stereocenters. The molecule has 0 heterocycles. The van der Waals surface area contributed by atoms with Crippen molar-refractivity contribution in [2.75, 3.05) is 6.54 Å². The van der Waals surface area contributed by atoms with Gasteiger partial charge in [-0.1, -0.05) is 53.7 Å². The van der Waals surface area contributed by atoms with Crippen molar-refractivity contribution in [3.8, 4) is 0 Å². The molecule has 0 aliphatic heterocycles.